The fourth-order valence-corrected chi connectivity index (χ4v) is 3.09. The van der Waals surface area contributed by atoms with E-state index in [-0.39, 0.29) is 21.3 Å². The zero-order valence-electron chi connectivity index (χ0n) is 10.6. The van der Waals surface area contributed by atoms with Gasteiger partial charge in [-0.05, 0) is 49.2 Å². The van der Waals surface area contributed by atoms with Crippen LogP contribution in [0.5, 0.6) is 11.5 Å². The van der Waals surface area contributed by atoms with Gasteiger partial charge in [-0.25, -0.2) is 8.42 Å². The Hall–Kier alpha value is -2.01. The smallest absolute Gasteiger partial charge is 0.210 e. The van der Waals surface area contributed by atoms with Gasteiger partial charge in [-0.1, -0.05) is 12.1 Å². The van der Waals surface area contributed by atoms with Crippen molar-refractivity contribution in [1.82, 2.24) is 0 Å². The number of aryl methyl sites for hydroxylation is 2. The van der Waals surface area contributed by atoms with E-state index >= 15 is 0 Å². The van der Waals surface area contributed by atoms with Crippen molar-refractivity contribution < 1.29 is 18.6 Å². The number of aromatic hydroxyl groups is 2. The number of benzene rings is 2. The van der Waals surface area contributed by atoms with Crippen LogP contribution >= 0.6 is 0 Å². The number of phenolic OH excluding ortho intramolecular Hbond substituents is 2. The number of phenols is 2. The lowest BCUT2D eigenvalue weighted by atomic mass is 10.2. The summed E-state index contributed by atoms with van der Waals surface area (Å²) in [4.78, 5) is -0.212. The first kappa shape index (κ1) is 13.4. The molecule has 0 aliphatic heterocycles. The van der Waals surface area contributed by atoms with Gasteiger partial charge in [-0.15, -0.1) is 0 Å². The average Bonchev–Trinajstić information content (AvgIpc) is 2.32. The summed E-state index contributed by atoms with van der Waals surface area (Å²) >= 11 is 0. The Morgan fingerprint density at radius 2 is 1.58 bits per heavy atom. The van der Waals surface area contributed by atoms with Gasteiger partial charge in [0.15, 0.2) is 0 Å². The van der Waals surface area contributed by atoms with E-state index in [0.29, 0.717) is 5.56 Å². The normalized spacial score (nSPS) is 11.5. The summed E-state index contributed by atoms with van der Waals surface area (Å²) in [7, 11) is -3.84. The Labute approximate surface area is 111 Å². The second-order valence-electron chi connectivity index (χ2n) is 4.42. The van der Waals surface area contributed by atoms with E-state index in [1.165, 1.54) is 30.3 Å². The van der Waals surface area contributed by atoms with Gasteiger partial charge < -0.3 is 10.2 Å². The van der Waals surface area contributed by atoms with Crippen molar-refractivity contribution in [3.05, 3.63) is 47.5 Å². The van der Waals surface area contributed by atoms with Gasteiger partial charge in [0.05, 0.1) is 4.90 Å². The molecule has 0 aromatic heterocycles. The van der Waals surface area contributed by atoms with Crippen molar-refractivity contribution in [3.8, 4) is 11.5 Å². The lowest BCUT2D eigenvalue weighted by Gasteiger charge is -2.08. The van der Waals surface area contributed by atoms with Crippen LogP contribution < -0.4 is 0 Å². The fourth-order valence-electron chi connectivity index (χ4n) is 1.74. The molecule has 100 valence electrons. The predicted octanol–water partition coefficient (Wildman–Crippen LogP) is 2.55. The molecule has 2 aromatic rings. The molecule has 0 aliphatic rings. The van der Waals surface area contributed by atoms with E-state index in [4.69, 9.17) is 0 Å². The fraction of sp³-hybridized carbons (Fsp3) is 0.143. The van der Waals surface area contributed by atoms with Crippen LogP contribution in [0.1, 0.15) is 11.1 Å². The third kappa shape index (κ3) is 2.42. The van der Waals surface area contributed by atoms with Gasteiger partial charge in [0.2, 0.25) is 9.84 Å². The maximum absolute atomic E-state index is 12.4. The van der Waals surface area contributed by atoms with Gasteiger partial charge in [0.1, 0.15) is 16.4 Å². The standard InChI is InChI=1S/C14H14O4S/c1-9-3-6-14(13(16)7-9)19(17,18)11-5-4-10(2)12(15)8-11/h3-8,15-16H,1-2H3. The molecular formula is C14H14O4S. The van der Waals surface area contributed by atoms with E-state index < -0.39 is 9.84 Å². The van der Waals surface area contributed by atoms with Gasteiger partial charge in [-0.2, -0.15) is 0 Å². The highest BCUT2D eigenvalue weighted by Crippen LogP contribution is 2.31. The summed E-state index contributed by atoms with van der Waals surface area (Å²) in [6.07, 6.45) is 0. The topological polar surface area (TPSA) is 74.6 Å². The summed E-state index contributed by atoms with van der Waals surface area (Å²) in [6, 6.07) is 8.47. The van der Waals surface area contributed by atoms with Gasteiger partial charge in [0, 0.05) is 0 Å². The van der Waals surface area contributed by atoms with Crippen LogP contribution in [0.25, 0.3) is 0 Å². The molecule has 0 bridgehead atoms. The highest BCUT2D eigenvalue weighted by atomic mass is 32.2. The van der Waals surface area contributed by atoms with E-state index in [0.717, 1.165) is 5.56 Å². The number of hydrogen-bond acceptors (Lipinski definition) is 4. The van der Waals surface area contributed by atoms with Crippen molar-refractivity contribution in [2.24, 2.45) is 0 Å². The first-order valence-corrected chi connectivity index (χ1v) is 7.15. The molecule has 4 nitrogen and oxygen atoms in total. The molecular weight excluding hydrogens is 264 g/mol. The minimum atomic E-state index is -3.84. The van der Waals surface area contributed by atoms with Crippen LogP contribution in [0, 0.1) is 13.8 Å². The number of hydrogen-bond donors (Lipinski definition) is 2. The first-order valence-electron chi connectivity index (χ1n) is 5.66. The molecule has 2 rings (SSSR count). The maximum atomic E-state index is 12.4. The van der Waals surface area contributed by atoms with Gasteiger partial charge in [-0.3, -0.25) is 0 Å². The third-order valence-corrected chi connectivity index (χ3v) is 4.69. The maximum Gasteiger partial charge on any atom is 0.210 e. The zero-order valence-corrected chi connectivity index (χ0v) is 11.4. The molecule has 0 unspecified atom stereocenters. The molecule has 5 heteroatoms. The quantitative estimate of drug-likeness (QED) is 0.885. The highest BCUT2D eigenvalue weighted by Gasteiger charge is 2.22. The van der Waals surface area contributed by atoms with Crippen molar-refractivity contribution >= 4 is 9.84 Å². The highest BCUT2D eigenvalue weighted by molar-refractivity contribution is 7.91. The Bertz CT molecular complexity index is 733. The molecule has 2 N–H and O–H groups in total. The Balaban J connectivity index is 2.62. The predicted molar refractivity (Wildman–Crippen MR) is 71.1 cm³/mol. The average molecular weight is 278 g/mol. The molecule has 0 atom stereocenters. The molecule has 0 saturated heterocycles. The van der Waals surface area contributed by atoms with Crippen molar-refractivity contribution in [2.45, 2.75) is 23.6 Å². The van der Waals surface area contributed by atoms with Crippen molar-refractivity contribution in [2.75, 3.05) is 0 Å². The summed E-state index contributed by atoms with van der Waals surface area (Å²) in [6.45, 7) is 3.43. The number of rotatable bonds is 2. The van der Waals surface area contributed by atoms with Crippen LogP contribution in [-0.2, 0) is 9.84 Å². The molecule has 0 amide bonds. The lowest BCUT2D eigenvalue weighted by molar-refractivity contribution is 0.457. The van der Waals surface area contributed by atoms with Gasteiger partial charge in [0.25, 0.3) is 0 Å². The molecule has 0 heterocycles. The van der Waals surface area contributed by atoms with Crippen LogP contribution in [0.3, 0.4) is 0 Å². The molecule has 0 saturated carbocycles. The lowest BCUT2D eigenvalue weighted by Crippen LogP contribution is -2.02. The molecule has 2 aromatic carbocycles. The third-order valence-electron chi connectivity index (χ3n) is 2.89. The second-order valence-corrected chi connectivity index (χ2v) is 6.34. The molecule has 0 aliphatic carbocycles. The molecule has 0 fully saturated rings. The Morgan fingerprint density at radius 1 is 0.895 bits per heavy atom. The monoisotopic (exact) mass is 278 g/mol. The van der Waals surface area contributed by atoms with Crippen molar-refractivity contribution in [1.29, 1.82) is 0 Å². The second kappa shape index (κ2) is 4.59. The minimum Gasteiger partial charge on any atom is -0.508 e. The van der Waals surface area contributed by atoms with Crippen LogP contribution in [0.2, 0.25) is 0 Å². The summed E-state index contributed by atoms with van der Waals surface area (Å²) < 4.78 is 24.7. The minimum absolute atomic E-state index is 0.0465. The Kier molecular flexibility index (Phi) is 3.24. The summed E-state index contributed by atoms with van der Waals surface area (Å²) in [5, 5.41) is 19.4. The molecule has 19 heavy (non-hydrogen) atoms. The van der Waals surface area contributed by atoms with Crippen LogP contribution in [0.4, 0.5) is 0 Å². The number of sulfone groups is 1. The summed E-state index contributed by atoms with van der Waals surface area (Å²) in [5.74, 6) is -0.382. The summed E-state index contributed by atoms with van der Waals surface area (Å²) in [5.41, 5.74) is 1.36. The first-order chi connectivity index (χ1) is 8.82. The van der Waals surface area contributed by atoms with E-state index in [1.54, 1.807) is 19.9 Å². The largest absolute Gasteiger partial charge is 0.508 e. The molecule has 0 radical (unpaired) electrons. The van der Waals surface area contributed by atoms with Crippen molar-refractivity contribution in [3.63, 3.8) is 0 Å². The molecule has 0 spiro atoms. The van der Waals surface area contributed by atoms with E-state index in [2.05, 4.69) is 0 Å². The zero-order chi connectivity index (χ0) is 14.2. The van der Waals surface area contributed by atoms with Crippen LogP contribution in [0.15, 0.2) is 46.2 Å². The van der Waals surface area contributed by atoms with Crippen LogP contribution in [-0.4, -0.2) is 18.6 Å². The van der Waals surface area contributed by atoms with Gasteiger partial charge >= 0.3 is 0 Å². The van der Waals surface area contributed by atoms with E-state index in [1.807, 2.05) is 0 Å². The van der Waals surface area contributed by atoms with E-state index in [9.17, 15) is 18.6 Å². The Morgan fingerprint density at radius 3 is 2.16 bits per heavy atom. The SMILES string of the molecule is Cc1ccc(S(=O)(=O)c2ccc(C)c(O)c2)c(O)c1.